The van der Waals surface area contributed by atoms with Crippen molar-refractivity contribution in [3.63, 3.8) is 0 Å². The Bertz CT molecular complexity index is 373. The lowest BCUT2D eigenvalue weighted by Crippen LogP contribution is -2.23. The first kappa shape index (κ1) is 9.83. The molecule has 0 spiro atoms. The molecule has 0 radical (unpaired) electrons. The second-order valence-corrected chi connectivity index (χ2v) is 3.31. The van der Waals surface area contributed by atoms with E-state index in [-0.39, 0.29) is 6.42 Å². The van der Waals surface area contributed by atoms with E-state index in [4.69, 9.17) is 9.47 Å². The molecule has 1 aromatic rings. The quantitative estimate of drug-likeness (QED) is 0.707. The van der Waals surface area contributed by atoms with Gasteiger partial charge in [-0.1, -0.05) is 12.1 Å². The van der Waals surface area contributed by atoms with Gasteiger partial charge in [0.1, 0.15) is 13.2 Å². The summed E-state index contributed by atoms with van der Waals surface area (Å²) in [6, 6.07) is 5.49. The highest BCUT2D eigenvalue weighted by atomic mass is 16.6. The van der Waals surface area contributed by atoms with Crippen LogP contribution in [0.1, 0.15) is 12.0 Å². The van der Waals surface area contributed by atoms with Crippen LogP contribution in [-0.2, 0) is 11.2 Å². The lowest BCUT2D eigenvalue weighted by atomic mass is 10.1. The van der Waals surface area contributed by atoms with Gasteiger partial charge in [0.15, 0.2) is 11.5 Å². The van der Waals surface area contributed by atoms with Crippen LogP contribution in [-0.4, -0.2) is 19.2 Å². The number of carboxylic acid groups (broad SMARTS) is 1. The topological polar surface area (TPSA) is 58.6 Å². The van der Waals surface area contributed by atoms with Gasteiger partial charge in [-0.05, 0) is 24.5 Å². The van der Waals surface area contributed by atoms with E-state index in [2.05, 4.69) is 0 Å². The normalized spacial score (nSPS) is 13.6. The van der Waals surface area contributed by atoms with Crippen LogP contribution in [0.15, 0.2) is 18.2 Å². The van der Waals surface area contributed by atoms with Crippen LogP contribution in [0.3, 0.4) is 0 Å². The van der Waals surface area contributed by atoms with Crippen LogP contribution in [0.2, 0.25) is 0 Å². The molecule has 1 aromatic carbocycles. The number of ether oxygens (including phenoxy) is 2. The van der Waals surface area contributed by atoms with Gasteiger partial charge in [0.25, 0.3) is 0 Å². The molecular weight excluding hydrogens is 196 g/mol. The molecule has 1 aliphatic rings. The van der Waals surface area contributed by atoms with E-state index in [0.29, 0.717) is 31.1 Å². The van der Waals surface area contributed by atoms with Gasteiger partial charge in [-0.3, -0.25) is 0 Å². The number of aliphatic carboxylic acids is 1. The molecule has 4 nitrogen and oxygen atoms in total. The van der Waals surface area contributed by atoms with E-state index in [1.807, 2.05) is 18.2 Å². The fourth-order valence-corrected chi connectivity index (χ4v) is 1.57. The molecule has 0 N–H and O–H groups in total. The van der Waals surface area contributed by atoms with Gasteiger partial charge in [-0.15, -0.1) is 0 Å². The second-order valence-electron chi connectivity index (χ2n) is 3.31. The minimum atomic E-state index is -1.05. The standard InChI is InChI=1S/C11H12O4/c12-10(13)5-4-8-2-1-3-9-11(8)15-7-6-14-9/h1-3H,4-7H2,(H,12,13)/p-1. The van der Waals surface area contributed by atoms with Crippen molar-refractivity contribution < 1.29 is 19.4 Å². The number of rotatable bonds is 3. The summed E-state index contributed by atoms with van der Waals surface area (Å²) in [5.74, 6) is 0.312. The molecule has 1 aliphatic heterocycles. The average molecular weight is 207 g/mol. The van der Waals surface area contributed by atoms with Gasteiger partial charge in [0.05, 0.1) is 0 Å². The van der Waals surface area contributed by atoms with Crippen LogP contribution in [0.5, 0.6) is 11.5 Å². The molecule has 0 bridgehead atoms. The molecule has 0 aromatic heterocycles. The number of hydrogen-bond donors (Lipinski definition) is 0. The number of carbonyl (C=O) groups excluding carboxylic acids is 1. The monoisotopic (exact) mass is 207 g/mol. The fraction of sp³-hybridized carbons (Fsp3) is 0.364. The van der Waals surface area contributed by atoms with Gasteiger partial charge in [0.2, 0.25) is 0 Å². The fourth-order valence-electron chi connectivity index (χ4n) is 1.57. The number of para-hydroxylation sites is 1. The van der Waals surface area contributed by atoms with Crippen molar-refractivity contribution in [3.8, 4) is 11.5 Å². The largest absolute Gasteiger partial charge is 0.550 e. The predicted octanol–water partition coefficient (Wildman–Crippen LogP) is 0.140. The smallest absolute Gasteiger partial charge is 0.164 e. The van der Waals surface area contributed by atoms with E-state index < -0.39 is 5.97 Å². The third kappa shape index (κ3) is 2.21. The Morgan fingerprint density at radius 2 is 2.13 bits per heavy atom. The van der Waals surface area contributed by atoms with Crippen LogP contribution in [0.4, 0.5) is 0 Å². The van der Waals surface area contributed by atoms with Crippen LogP contribution >= 0.6 is 0 Å². The number of fused-ring (bicyclic) bond motifs is 1. The van der Waals surface area contributed by atoms with Crippen molar-refractivity contribution in [3.05, 3.63) is 23.8 Å². The van der Waals surface area contributed by atoms with E-state index >= 15 is 0 Å². The first-order chi connectivity index (χ1) is 7.27. The maximum atomic E-state index is 10.4. The summed E-state index contributed by atoms with van der Waals surface area (Å²) in [4.78, 5) is 10.4. The maximum Gasteiger partial charge on any atom is 0.164 e. The molecule has 0 saturated carbocycles. The first-order valence-corrected chi connectivity index (χ1v) is 4.84. The number of carbonyl (C=O) groups is 1. The van der Waals surface area contributed by atoms with E-state index in [0.717, 1.165) is 5.56 Å². The Balaban J connectivity index is 2.19. The van der Waals surface area contributed by atoms with Gasteiger partial charge in [-0.25, -0.2) is 0 Å². The summed E-state index contributed by atoms with van der Waals surface area (Å²) in [7, 11) is 0. The highest BCUT2D eigenvalue weighted by molar-refractivity contribution is 5.65. The van der Waals surface area contributed by atoms with Gasteiger partial charge in [-0.2, -0.15) is 0 Å². The van der Waals surface area contributed by atoms with Gasteiger partial charge >= 0.3 is 0 Å². The third-order valence-corrected chi connectivity index (χ3v) is 2.25. The lowest BCUT2D eigenvalue weighted by molar-refractivity contribution is -0.305. The Morgan fingerprint density at radius 3 is 2.93 bits per heavy atom. The highest BCUT2D eigenvalue weighted by Crippen LogP contribution is 2.34. The summed E-state index contributed by atoms with van der Waals surface area (Å²) in [6.07, 6.45) is 0.411. The third-order valence-electron chi connectivity index (χ3n) is 2.25. The van der Waals surface area contributed by atoms with Gasteiger partial charge < -0.3 is 19.4 Å². The maximum absolute atomic E-state index is 10.4. The zero-order valence-corrected chi connectivity index (χ0v) is 8.19. The number of aryl methyl sites for hydroxylation is 1. The van der Waals surface area contributed by atoms with Crippen molar-refractivity contribution in [1.82, 2.24) is 0 Å². The van der Waals surface area contributed by atoms with Crippen molar-refractivity contribution in [2.24, 2.45) is 0 Å². The summed E-state index contributed by atoms with van der Waals surface area (Å²) in [5.41, 5.74) is 0.858. The summed E-state index contributed by atoms with van der Waals surface area (Å²) in [5, 5.41) is 10.4. The van der Waals surface area contributed by atoms with Crippen molar-refractivity contribution in [2.75, 3.05) is 13.2 Å². The van der Waals surface area contributed by atoms with Crippen molar-refractivity contribution >= 4 is 5.97 Å². The van der Waals surface area contributed by atoms with E-state index in [9.17, 15) is 9.90 Å². The summed E-state index contributed by atoms with van der Waals surface area (Å²) < 4.78 is 10.8. The SMILES string of the molecule is O=C([O-])CCc1cccc2c1OCCO2. The molecule has 2 rings (SSSR count). The molecular formula is C11H11O4-. The van der Waals surface area contributed by atoms with E-state index in [1.54, 1.807) is 0 Å². The molecule has 0 unspecified atom stereocenters. The Morgan fingerprint density at radius 1 is 1.33 bits per heavy atom. The molecule has 0 atom stereocenters. The molecule has 0 fully saturated rings. The zero-order valence-electron chi connectivity index (χ0n) is 8.19. The lowest BCUT2D eigenvalue weighted by Gasteiger charge is -2.20. The molecule has 0 saturated heterocycles. The molecule has 4 heteroatoms. The number of hydrogen-bond acceptors (Lipinski definition) is 4. The molecule has 0 aliphatic carbocycles. The number of carboxylic acids is 1. The second kappa shape index (κ2) is 4.21. The highest BCUT2D eigenvalue weighted by Gasteiger charge is 2.14. The minimum Gasteiger partial charge on any atom is -0.550 e. The van der Waals surface area contributed by atoms with Crippen molar-refractivity contribution in [1.29, 1.82) is 0 Å². The Kier molecular flexibility index (Phi) is 2.76. The molecule has 1 heterocycles. The average Bonchev–Trinajstić information content (AvgIpc) is 2.26. The number of benzene rings is 1. The zero-order chi connectivity index (χ0) is 10.7. The summed E-state index contributed by atoms with van der Waals surface area (Å²) >= 11 is 0. The van der Waals surface area contributed by atoms with Crippen LogP contribution in [0.25, 0.3) is 0 Å². The van der Waals surface area contributed by atoms with Crippen LogP contribution in [0, 0.1) is 0 Å². The van der Waals surface area contributed by atoms with Gasteiger partial charge in [0, 0.05) is 5.97 Å². The van der Waals surface area contributed by atoms with Crippen LogP contribution < -0.4 is 14.6 Å². The Hall–Kier alpha value is -1.71. The molecule has 15 heavy (non-hydrogen) atoms. The first-order valence-electron chi connectivity index (χ1n) is 4.84. The molecule has 0 amide bonds. The minimum absolute atomic E-state index is 0.000185. The summed E-state index contributed by atoms with van der Waals surface area (Å²) in [6.45, 7) is 1.05. The van der Waals surface area contributed by atoms with E-state index in [1.165, 1.54) is 0 Å². The van der Waals surface area contributed by atoms with Crippen molar-refractivity contribution in [2.45, 2.75) is 12.8 Å². The molecule has 80 valence electrons. The Labute approximate surface area is 87.4 Å². The predicted molar refractivity (Wildman–Crippen MR) is 50.8 cm³/mol.